The van der Waals surface area contributed by atoms with Crippen molar-refractivity contribution >= 4 is 33.9 Å². The van der Waals surface area contributed by atoms with Crippen LogP contribution in [0, 0.1) is 10.5 Å². The van der Waals surface area contributed by atoms with E-state index >= 15 is 0 Å². The molecular weight excluding hydrogens is 313 g/mol. The van der Waals surface area contributed by atoms with Crippen LogP contribution in [-0.2, 0) is 0 Å². The summed E-state index contributed by atoms with van der Waals surface area (Å²) in [6, 6.07) is 0. The van der Waals surface area contributed by atoms with Gasteiger partial charge in [-0.05, 0) is 29.5 Å². The van der Waals surface area contributed by atoms with Gasteiger partial charge in [-0.25, -0.2) is 4.98 Å². The number of hydrogen-bond donors (Lipinski definition) is 1. The second-order valence-corrected chi connectivity index (χ2v) is 4.64. The highest BCUT2D eigenvalue weighted by Gasteiger charge is 2.07. The number of halogens is 1. The largest absolute Gasteiger partial charge is 0.305 e. The molecule has 0 amide bonds. The van der Waals surface area contributed by atoms with E-state index in [9.17, 15) is 4.79 Å². The molecular formula is C8H6IN3OS. The molecule has 0 aliphatic rings. The molecule has 0 spiro atoms. The van der Waals surface area contributed by atoms with E-state index in [1.807, 2.05) is 29.5 Å². The number of H-pyrrole nitrogens is 1. The molecule has 0 fully saturated rings. The van der Waals surface area contributed by atoms with Gasteiger partial charge in [-0.15, -0.1) is 11.3 Å². The van der Waals surface area contributed by atoms with Crippen molar-refractivity contribution in [1.82, 2.24) is 15.0 Å². The molecule has 0 aliphatic heterocycles. The molecule has 1 N–H and O–H groups in total. The Hall–Kier alpha value is -0.760. The Kier molecular flexibility index (Phi) is 2.64. The third-order valence-electron chi connectivity index (χ3n) is 1.69. The monoisotopic (exact) mass is 319 g/mol. The molecule has 2 aromatic rings. The predicted octanol–water partition coefficient (Wildman–Crippen LogP) is 1.81. The average Bonchev–Trinajstić information content (AvgIpc) is 2.66. The molecule has 72 valence electrons. The van der Waals surface area contributed by atoms with Gasteiger partial charge in [-0.1, -0.05) is 0 Å². The third-order valence-corrected chi connectivity index (χ3v) is 3.74. The Balaban J connectivity index is 2.63. The fourth-order valence-corrected chi connectivity index (χ4v) is 1.84. The zero-order chi connectivity index (χ0) is 10.1. The van der Waals surface area contributed by atoms with E-state index in [2.05, 4.69) is 15.0 Å². The average molecular weight is 319 g/mol. The summed E-state index contributed by atoms with van der Waals surface area (Å²) in [5, 5.41) is 0. The molecule has 0 aromatic carbocycles. The number of nitrogens with zero attached hydrogens (tertiary/aromatic N) is 2. The molecule has 0 bridgehead atoms. The summed E-state index contributed by atoms with van der Waals surface area (Å²) in [5.41, 5.74) is 2.36. The summed E-state index contributed by atoms with van der Waals surface area (Å²) in [7, 11) is 0. The van der Waals surface area contributed by atoms with Gasteiger partial charge in [0.05, 0.1) is 19.7 Å². The maximum Gasteiger partial charge on any atom is 0.264 e. The maximum atomic E-state index is 11.4. The van der Waals surface area contributed by atoms with Gasteiger partial charge in [0.1, 0.15) is 0 Å². The SMILES string of the molecule is Cc1nc(-c2cncs2)[nH]c(=O)c1I. The van der Waals surface area contributed by atoms with E-state index in [0.717, 1.165) is 10.6 Å². The molecule has 0 atom stereocenters. The second-order valence-electron chi connectivity index (χ2n) is 2.68. The lowest BCUT2D eigenvalue weighted by atomic mass is 10.4. The quantitative estimate of drug-likeness (QED) is 0.816. The lowest BCUT2D eigenvalue weighted by Crippen LogP contribution is -2.14. The normalized spacial score (nSPS) is 10.4. The van der Waals surface area contributed by atoms with Crippen molar-refractivity contribution in [3.8, 4) is 10.7 Å². The molecule has 4 nitrogen and oxygen atoms in total. The lowest BCUT2D eigenvalue weighted by Gasteiger charge is -1.99. The van der Waals surface area contributed by atoms with E-state index in [0.29, 0.717) is 9.39 Å². The van der Waals surface area contributed by atoms with Gasteiger partial charge in [0.25, 0.3) is 5.56 Å². The summed E-state index contributed by atoms with van der Waals surface area (Å²) in [6.07, 6.45) is 1.69. The molecule has 6 heteroatoms. The van der Waals surface area contributed by atoms with Crippen molar-refractivity contribution in [1.29, 1.82) is 0 Å². The Morgan fingerprint density at radius 1 is 1.57 bits per heavy atom. The predicted molar refractivity (Wildman–Crippen MR) is 63.4 cm³/mol. The maximum absolute atomic E-state index is 11.4. The van der Waals surface area contributed by atoms with Crippen LogP contribution in [0.2, 0.25) is 0 Å². The van der Waals surface area contributed by atoms with Gasteiger partial charge in [0, 0.05) is 6.20 Å². The number of thiazole rings is 1. The Bertz CT molecular complexity index is 506. The molecule has 2 rings (SSSR count). The van der Waals surface area contributed by atoms with Crippen molar-refractivity contribution < 1.29 is 0 Å². The first-order chi connectivity index (χ1) is 6.68. The highest BCUT2D eigenvalue weighted by molar-refractivity contribution is 14.1. The fourth-order valence-electron chi connectivity index (χ4n) is 1.02. The molecule has 0 aliphatic carbocycles. The van der Waals surface area contributed by atoms with Gasteiger partial charge < -0.3 is 4.98 Å². The topological polar surface area (TPSA) is 58.6 Å². The summed E-state index contributed by atoms with van der Waals surface area (Å²) >= 11 is 3.44. The van der Waals surface area contributed by atoms with Crippen molar-refractivity contribution in [3.05, 3.63) is 31.3 Å². The van der Waals surface area contributed by atoms with Crippen molar-refractivity contribution in [2.75, 3.05) is 0 Å². The number of hydrogen-bond acceptors (Lipinski definition) is 4. The van der Waals surface area contributed by atoms with E-state index in [1.54, 1.807) is 11.7 Å². The molecule has 0 saturated carbocycles. The summed E-state index contributed by atoms with van der Waals surface area (Å²) in [4.78, 5) is 23.2. The Labute approximate surface area is 97.6 Å². The van der Waals surface area contributed by atoms with Gasteiger partial charge in [0.2, 0.25) is 0 Å². The molecule has 0 radical (unpaired) electrons. The van der Waals surface area contributed by atoms with Gasteiger partial charge in [-0.2, -0.15) is 0 Å². The summed E-state index contributed by atoms with van der Waals surface area (Å²) in [6.45, 7) is 1.82. The minimum absolute atomic E-state index is 0.0958. The van der Waals surface area contributed by atoms with E-state index in [-0.39, 0.29) is 5.56 Å². The first kappa shape index (κ1) is 9.78. The summed E-state index contributed by atoms with van der Waals surface area (Å²) in [5.74, 6) is 0.593. The van der Waals surface area contributed by atoms with Crippen LogP contribution in [-0.4, -0.2) is 15.0 Å². The van der Waals surface area contributed by atoms with Crippen molar-refractivity contribution in [3.63, 3.8) is 0 Å². The number of aromatic amines is 1. The zero-order valence-electron chi connectivity index (χ0n) is 7.24. The highest BCUT2D eigenvalue weighted by atomic mass is 127. The van der Waals surface area contributed by atoms with Crippen LogP contribution in [0.15, 0.2) is 16.5 Å². The Morgan fingerprint density at radius 2 is 2.36 bits per heavy atom. The van der Waals surface area contributed by atoms with Crippen molar-refractivity contribution in [2.45, 2.75) is 6.92 Å². The molecule has 0 saturated heterocycles. The summed E-state index contributed by atoms with van der Waals surface area (Å²) < 4.78 is 0.635. The molecule has 14 heavy (non-hydrogen) atoms. The first-order valence-corrected chi connectivity index (χ1v) is 5.79. The van der Waals surface area contributed by atoms with Crippen LogP contribution >= 0.6 is 33.9 Å². The van der Waals surface area contributed by atoms with Crippen molar-refractivity contribution in [2.24, 2.45) is 0 Å². The van der Waals surface area contributed by atoms with Crippen LogP contribution in [0.3, 0.4) is 0 Å². The lowest BCUT2D eigenvalue weighted by molar-refractivity contribution is 1.06. The number of rotatable bonds is 1. The van der Waals surface area contributed by atoms with Crippen LogP contribution in [0.25, 0.3) is 10.7 Å². The van der Waals surface area contributed by atoms with Gasteiger partial charge in [-0.3, -0.25) is 9.78 Å². The Morgan fingerprint density at radius 3 is 2.93 bits per heavy atom. The highest BCUT2D eigenvalue weighted by Crippen LogP contribution is 2.18. The third kappa shape index (κ3) is 1.71. The van der Waals surface area contributed by atoms with Crippen LogP contribution < -0.4 is 5.56 Å². The van der Waals surface area contributed by atoms with E-state index in [1.165, 1.54) is 11.3 Å². The minimum Gasteiger partial charge on any atom is -0.305 e. The van der Waals surface area contributed by atoms with E-state index in [4.69, 9.17) is 0 Å². The van der Waals surface area contributed by atoms with Crippen LogP contribution in [0.4, 0.5) is 0 Å². The standard InChI is InChI=1S/C8H6IN3OS/c1-4-6(9)8(13)12-7(11-4)5-2-10-3-14-5/h2-3H,1H3,(H,11,12,13). The van der Waals surface area contributed by atoms with E-state index < -0.39 is 0 Å². The number of aromatic nitrogens is 3. The second kappa shape index (κ2) is 3.77. The zero-order valence-corrected chi connectivity index (χ0v) is 10.2. The van der Waals surface area contributed by atoms with Gasteiger partial charge in [0.15, 0.2) is 5.82 Å². The van der Waals surface area contributed by atoms with Gasteiger partial charge >= 0.3 is 0 Å². The number of aryl methyl sites for hydroxylation is 1. The van der Waals surface area contributed by atoms with Crippen LogP contribution in [0.1, 0.15) is 5.69 Å². The molecule has 2 heterocycles. The fraction of sp³-hybridized carbons (Fsp3) is 0.125. The first-order valence-electron chi connectivity index (χ1n) is 3.84. The molecule has 2 aromatic heterocycles. The molecule has 0 unspecified atom stereocenters. The van der Waals surface area contributed by atoms with Crippen LogP contribution in [0.5, 0.6) is 0 Å². The number of nitrogens with one attached hydrogen (secondary N) is 1. The minimum atomic E-state index is -0.0958. The smallest absolute Gasteiger partial charge is 0.264 e.